The quantitative estimate of drug-likeness (QED) is 0.699. The lowest BCUT2D eigenvalue weighted by molar-refractivity contribution is -0.0260. The molecular weight excluding hydrogens is 189 g/mol. The minimum absolute atomic E-state index is 0.168. The molecule has 0 radical (unpaired) electrons. The van der Waals surface area contributed by atoms with Crippen LogP contribution in [-0.4, -0.2) is 12.2 Å². The van der Waals surface area contributed by atoms with Gasteiger partial charge in [-0.3, -0.25) is 0 Å². The average Bonchev–Trinajstić information content (AvgIpc) is 2.43. The Morgan fingerprint density at radius 1 is 1.07 bits per heavy atom. The van der Waals surface area contributed by atoms with Gasteiger partial charge >= 0.3 is 0 Å². The highest BCUT2D eigenvalue weighted by Gasteiger charge is 2.47. The summed E-state index contributed by atoms with van der Waals surface area (Å²) in [6.07, 6.45) is 6.91. The average molecular weight is 215 g/mol. The van der Waals surface area contributed by atoms with Crippen molar-refractivity contribution in [1.29, 1.82) is 0 Å². The first-order valence-corrected chi connectivity index (χ1v) is 6.31. The molecule has 2 heteroatoms. The maximum Gasteiger partial charge on any atom is 0.130 e. The Labute approximate surface area is 93.6 Å². The largest absolute Gasteiger partial charge is 0.327 e. The molecule has 1 rings (SSSR count). The maximum absolute atomic E-state index is 15.0. The first-order chi connectivity index (χ1) is 6.92. The smallest absolute Gasteiger partial charge is 0.130 e. The number of nitrogens with two attached hydrogens (primary N) is 1. The van der Waals surface area contributed by atoms with Gasteiger partial charge in [0.25, 0.3) is 0 Å². The predicted molar refractivity (Wildman–Crippen MR) is 63.5 cm³/mol. The van der Waals surface area contributed by atoms with E-state index in [-0.39, 0.29) is 17.9 Å². The van der Waals surface area contributed by atoms with E-state index in [9.17, 15) is 4.39 Å². The monoisotopic (exact) mass is 215 g/mol. The van der Waals surface area contributed by atoms with Crippen LogP contribution in [0.5, 0.6) is 0 Å². The summed E-state index contributed by atoms with van der Waals surface area (Å²) in [5.41, 5.74) is 4.18. The minimum Gasteiger partial charge on any atom is -0.327 e. The van der Waals surface area contributed by atoms with Crippen molar-refractivity contribution < 1.29 is 4.39 Å². The molecule has 0 saturated heterocycles. The summed E-state index contributed by atoms with van der Waals surface area (Å²) in [4.78, 5) is 0. The van der Waals surface area contributed by atoms with Crippen LogP contribution in [0.15, 0.2) is 0 Å². The molecule has 0 spiro atoms. The lowest BCUT2D eigenvalue weighted by Crippen LogP contribution is -2.51. The van der Waals surface area contributed by atoms with E-state index in [0.29, 0.717) is 0 Å². The van der Waals surface area contributed by atoms with Crippen molar-refractivity contribution in [3.05, 3.63) is 0 Å². The Morgan fingerprint density at radius 2 is 1.53 bits per heavy atom. The van der Waals surface area contributed by atoms with Crippen molar-refractivity contribution in [1.82, 2.24) is 0 Å². The molecule has 0 aromatic heterocycles. The molecule has 0 bridgehead atoms. The van der Waals surface area contributed by atoms with Crippen molar-refractivity contribution >= 4 is 0 Å². The molecule has 1 aliphatic rings. The highest BCUT2D eigenvalue weighted by molar-refractivity contribution is 4.97. The van der Waals surface area contributed by atoms with Gasteiger partial charge in [0.2, 0.25) is 0 Å². The highest BCUT2D eigenvalue weighted by atomic mass is 19.1. The first-order valence-electron chi connectivity index (χ1n) is 6.31. The number of hydrogen-bond acceptors (Lipinski definition) is 1. The van der Waals surface area contributed by atoms with E-state index in [1.54, 1.807) is 0 Å². The zero-order valence-corrected chi connectivity index (χ0v) is 10.5. The van der Waals surface area contributed by atoms with Crippen LogP contribution in [-0.2, 0) is 0 Å². The van der Waals surface area contributed by atoms with E-state index in [2.05, 4.69) is 0 Å². The Morgan fingerprint density at radius 3 is 1.87 bits per heavy atom. The second kappa shape index (κ2) is 4.82. The van der Waals surface area contributed by atoms with Gasteiger partial charge in [0.05, 0.1) is 0 Å². The lowest BCUT2D eigenvalue weighted by atomic mass is 9.68. The molecule has 1 nitrogen and oxygen atoms in total. The van der Waals surface area contributed by atoms with Crippen molar-refractivity contribution in [3.8, 4) is 0 Å². The minimum atomic E-state index is -1.18. The number of halogens is 1. The summed E-state index contributed by atoms with van der Waals surface area (Å²) in [5, 5.41) is 0. The van der Waals surface area contributed by atoms with Crippen LogP contribution in [0.2, 0.25) is 0 Å². The third kappa shape index (κ3) is 2.72. The molecule has 15 heavy (non-hydrogen) atoms. The summed E-state index contributed by atoms with van der Waals surface area (Å²) in [6, 6.07) is 0. The molecule has 0 amide bonds. The SMILES string of the molecule is CC(C)(C)C(F)(CN)C1CCCCCC1. The Balaban J connectivity index is 2.79. The zero-order valence-electron chi connectivity index (χ0n) is 10.5. The Hall–Kier alpha value is -0.110. The molecule has 0 aliphatic heterocycles. The van der Waals surface area contributed by atoms with Gasteiger partial charge in [-0.15, -0.1) is 0 Å². The van der Waals surface area contributed by atoms with Gasteiger partial charge in [-0.05, 0) is 24.2 Å². The van der Waals surface area contributed by atoms with Crippen molar-refractivity contribution in [2.24, 2.45) is 17.1 Å². The molecule has 1 saturated carbocycles. The summed E-state index contributed by atoms with van der Waals surface area (Å²) in [7, 11) is 0. The predicted octanol–water partition coefficient (Wildman–Crippen LogP) is 3.67. The highest BCUT2D eigenvalue weighted by Crippen LogP contribution is 2.44. The summed E-state index contributed by atoms with van der Waals surface area (Å²) < 4.78 is 15.0. The van der Waals surface area contributed by atoms with Crippen molar-refractivity contribution in [3.63, 3.8) is 0 Å². The van der Waals surface area contributed by atoms with Crippen LogP contribution < -0.4 is 5.73 Å². The summed E-state index contributed by atoms with van der Waals surface area (Å²) in [6.45, 7) is 6.10. The first kappa shape index (κ1) is 13.0. The van der Waals surface area contributed by atoms with Crippen molar-refractivity contribution in [2.45, 2.75) is 65.0 Å². The summed E-state index contributed by atoms with van der Waals surface area (Å²) >= 11 is 0. The van der Waals surface area contributed by atoms with E-state index >= 15 is 0 Å². The van der Waals surface area contributed by atoms with Gasteiger partial charge in [-0.25, -0.2) is 4.39 Å². The molecule has 1 atom stereocenters. The Kier molecular flexibility index (Phi) is 4.16. The van der Waals surface area contributed by atoms with E-state index in [0.717, 1.165) is 12.8 Å². The molecule has 0 aromatic carbocycles. The fourth-order valence-electron chi connectivity index (χ4n) is 2.82. The number of hydrogen-bond donors (Lipinski definition) is 1. The van der Waals surface area contributed by atoms with Crippen LogP contribution in [0.4, 0.5) is 4.39 Å². The topological polar surface area (TPSA) is 26.0 Å². The molecular formula is C13H26FN. The van der Waals surface area contributed by atoms with Gasteiger partial charge in [0.1, 0.15) is 5.67 Å². The van der Waals surface area contributed by atoms with Gasteiger partial charge in [-0.2, -0.15) is 0 Å². The van der Waals surface area contributed by atoms with Crippen LogP contribution in [0.25, 0.3) is 0 Å². The van der Waals surface area contributed by atoms with Crippen LogP contribution in [0, 0.1) is 11.3 Å². The van der Waals surface area contributed by atoms with E-state index in [1.807, 2.05) is 20.8 Å². The normalized spacial score (nSPS) is 24.6. The third-order valence-corrected chi connectivity index (χ3v) is 4.05. The van der Waals surface area contributed by atoms with Gasteiger partial charge in [0, 0.05) is 6.54 Å². The van der Waals surface area contributed by atoms with Crippen LogP contribution in [0.3, 0.4) is 0 Å². The Bertz CT molecular complexity index is 189. The lowest BCUT2D eigenvalue weighted by Gasteiger charge is -2.43. The fourth-order valence-corrected chi connectivity index (χ4v) is 2.82. The van der Waals surface area contributed by atoms with Gasteiger partial charge in [-0.1, -0.05) is 46.5 Å². The zero-order chi connectivity index (χ0) is 11.5. The van der Waals surface area contributed by atoms with E-state index in [4.69, 9.17) is 5.73 Å². The molecule has 0 heterocycles. The standard InChI is InChI=1S/C13H26FN/c1-12(2,3)13(14,10-15)11-8-6-4-5-7-9-11/h11H,4-10,15H2,1-3H3. The van der Waals surface area contributed by atoms with Crippen molar-refractivity contribution in [2.75, 3.05) is 6.54 Å². The molecule has 0 aromatic rings. The molecule has 1 fully saturated rings. The van der Waals surface area contributed by atoms with E-state index in [1.165, 1.54) is 25.7 Å². The fraction of sp³-hybridized carbons (Fsp3) is 1.00. The third-order valence-electron chi connectivity index (χ3n) is 4.05. The van der Waals surface area contributed by atoms with Gasteiger partial charge in [0.15, 0.2) is 0 Å². The molecule has 90 valence electrons. The summed E-state index contributed by atoms with van der Waals surface area (Å²) in [5.74, 6) is 0.171. The number of rotatable bonds is 2. The maximum atomic E-state index is 15.0. The second-order valence-corrected chi connectivity index (χ2v) is 6.01. The second-order valence-electron chi connectivity index (χ2n) is 6.01. The molecule has 1 aliphatic carbocycles. The van der Waals surface area contributed by atoms with E-state index < -0.39 is 5.67 Å². The molecule has 1 unspecified atom stereocenters. The molecule has 2 N–H and O–H groups in total. The number of alkyl halides is 1. The van der Waals surface area contributed by atoms with Crippen LogP contribution >= 0.6 is 0 Å². The van der Waals surface area contributed by atoms with Crippen LogP contribution in [0.1, 0.15) is 59.3 Å². The van der Waals surface area contributed by atoms with Gasteiger partial charge < -0.3 is 5.73 Å².